The predicted molar refractivity (Wildman–Crippen MR) is 204 cm³/mol. The third-order valence-electron chi connectivity index (χ3n) is 11.5. The molecule has 1 unspecified atom stereocenters. The van der Waals surface area contributed by atoms with Gasteiger partial charge in [0.1, 0.15) is 0 Å². The van der Waals surface area contributed by atoms with E-state index in [0.29, 0.717) is 85.0 Å². The van der Waals surface area contributed by atoms with E-state index in [-0.39, 0.29) is 23.8 Å². The lowest BCUT2D eigenvalue weighted by Crippen LogP contribution is -2.58. The summed E-state index contributed by atoms with van der Waals surface area (Å²) in [6, 6.07) is 19.2. The van der Waals surface area contributed by atoms with Crippen molar-refractivity contribution in [2.24, 2.45) is 0 Å². The van der Waals surface area contributed by atoms with Crippen molar-refractivity contribution < 1.29 is 33.7 Å². The maximum atomic E-state index is 14.4. The Bertz CT molecular complexity index is 1770. The fraction of sp³-hybridized carbons (Fsp3) is 0.475. The first-order chi connectivity index (χ1) is 25.5. The van der Waals surface area contributed by atoms with Crippen molar-refractivity contribution in [2.45, 2.75) is 36.5 Å². The zero-order valence-corrected chi connectivity index (χ0v) is 32.1. The highest BCUT2D eigenvalue weighted by Gasteiger charge is 2.47. The molecule has 3 heterocycles. The molecule has 0 aromatic heterocycles. The fourth-order valence-corrected chi connectivity index (χ4v) is 8.66. The van der Waals surface area contributed by atoms with Crippen LogP contribution in [-0.2, 0) is 20.4 Å². The van der Waals surface area contributed by atoms with E-state index in [4.69, 9.17) is 37.4 Å². The highest BCUT2D eigenvalue weighted by atomic mass is 35.5. The standard InChI is InChI=1S/C40H48Cl2N4O7/c1-51-33-23-28(24-34(52-2)36(33)53-3)37(49)46-18-12-39(27-46,30-9-10-31(41)32(42)25-30)11-15-43-16-13-40(14-17-43,29-7-5-4-6-8-29)38(50)45-21-19-44(20-22-45)26-35(47)48/h4-10,23-25H,11-22,26-27H2,1-3H3,(H,47,48). The van der Waals surface area contributed by atoms with E-state index in [0.717, 1.165) is 43.6 Å². The van der Waals surface area contributed by atoms with Crippen molar-refractivity contribution in [2.75, 3.05) is 86.8 Å². The third kappa shape index (κ3) is 8.09. The van der Waals surface area contributed by atoms with Crippen molar-refractivity contribution in [3.8, 4) is 17.2 Å². The number of benzene rings is 3. The molecule has 3 aliphatic rings. The van der Waals surface area contributed by atoms with Gasteiger partial charge in [-0.3, -0.25) is 19.3 Å². The van der Waals surface area contributed by atoms with Crippen molar-refractivity contribution in [1.29, 1.82) is 0 Å². The Morgan fingerprint density at radius 1 is 0.717 bits per heavy atom. The van der Waals surface area contributed by atoms with Crippen LogP contribution in [-0.4, -0.2) is 129 Å². The monoisotopic (exact) mass is 766 g/mol. The summed E-state index contributed by atoms with van der Waals surface area (Å²) in [7, 11) is 4.59. The number of hydrogen-bond donors (Lipinski definition) is 1. The molecule has 0 radical (unpaired) electrons. The molecule has 0 saturated carbocycles. The number of piperidine rings is 1. The second kappa shape index (κ2) is 16.5. The summed E-state index contributed by atoms with van der Waals surface area (Å²) in [5.41, 5.74) is 1.50. The number of carboxylic acid groups (broad SMARTS) is 1. The summed E-state index contributed by atoms with van der Waals surface area (Å²) in [6.07, 6.45) is 2.88. The number of likely N-dealkylation sites (tertiary alicyclic amines) is 2. The maximum absolute atomic E-state index is 14.4. The van der Waals surface area contributed by atoms with Gasteiger partial charge in [0.25, 0.3) is 5.91 Å². The van der Waals surface area contributed by atoms with Gasteiger partial charge < -0.3 is 34.0 Å². The summed E-state index contributed by atoms with van der Waals surface area (Å²) in [5.74, 6) is 0.410. The number of piperazine rings is 1. The SMILES string of the molecule is COc1cc(C(=O)N2CCC(CCN3CCC(C(=O)N4CCN(CC(=O)O)CC4)(c4ccccc4)CC3)(c3ccc(Cl)c(Cl)c3)C2)cc(OC)c1OC. The Balaban J connectivity index is 1.19. The zero-order chi connectivity index (χ0) is 37.8. The predicted octanol–water partition coefficient (Wildman–Crippen LogP) is 5.46. The van der Waals surface area contributed by atoms with E-state index < -0.39 is 11.4 Å². The van der Waals surface area contributed by atoms with Gasteiger partial charge in [0.05, 0.1) is 43.3 Å². The van der Waals surface area contributed by atoms with Gasteiger partial charge in [0, 0.05) is 50.2 Å². The van der Waals surface area contributed by atoms with Crippen molar-refractivity contribution in [1.82, 2.24) is 19.6 Å². The Labute approximate surface area is 321 Å². The second-order valence-corrected chi connectivity index (χ2v) is 15.1. The molecule has 3 fully saturated rings. The topological polar surface area (TPSA) is 112 Å². The summed E-state index contributed by atoms with van der Waals surface area (Å²) >= 11 is 12.9. The number of ether oxygens (including phenoxy) is 3. The van der Waals surface area contributed by atoms with Crippen LogP contribution in [0.15, 0.2) is 60.7 Å². The highest BCUT2D eigenvalue weighted by molar-refractivity contribution is 6.42. The van der Waals surface area contributed by atoms with Crippen LogP contribution < -0.4 is 14.2 Å². The van der Waals surface area contributed by atoms with E-state index in [2.05, 4.69) is 17.0 Å². The molecule has 11 nitrogen and oxygen atoms in total. The fourth-order valence-electron chi connectivity index (χ4n) is 8.36. The Morgan fingerprint density at radius 2 is 1.38 bits per heavy atom. The lowest BCUT2D eigenvalue weighted by Gasteiger charge is -2.46. The quantitative estimate of drug-likeness (QED) is 0.257. The number of hydrogen-bond acceptors (Lipinski definition) is 8. The molecule has 1 atom stereocenters. The second-order valence-electron chi connectivity index (χ2n) is 14.3. The number of amides is 2. The Kier molecular flexibility index (Phi) is 12.1. The lowest BCUT2D eigenvalue weighted by atomic mass is 9.71. The largest absolute Gasteiger partial charge is 0.493 e. The van der Waals surface area contributed by atoms with Gasteiger partial charge in [0.2, 0.25) is 11.7 Å². The van der Waals surface area contributed by atoms with Gasteiger partial charge >= 0.3 is 5.97 Å². The summed E-state index contributed by atoms with van der Waals surface area (Å²) in [5, 5.41) is 10.2. The van der Waals surface area contributed by atoms with E-state index in [1.807, 2.05) is 51.1 Å². The third-order valence-corrected chi connectivity index (χ3v) is 12.2. The Hall–Kier alpha value is -4.03. The molecule has 1 N–H and O–H groups in total. The number of carbonyl (C=O) groups excluding carboxylic acids is 2. The number of methoxy groups -OCH3 is 3. The normalized spacial score (nSPS) is 20.6. The molecule has 3 aliphatic heterocycles. The van der Waals surface area contributed by atoms with Crippen LogP contribution in [0.2, 0.25) is 10.0 Å². The maximum Gasteiger partial charge on any atom is 0.317 e. The van der Waals surface area contributed by atoms with Crippen LogP contribution in [0.4, 0.5) is 0 Å². The van der Waals surface area contributed by atoms with Gasteiger partial charge in [-0.15, -0.1) is 0 Å². The first kappa shape index (κ1) is 38.7. The van der Waals surface area contributed by atoms with Crippen molar-refractivity contribution >= 4 is 41.0 Å². The van der Waals surface area contributed by atoms with Gasteiger partial charge in [-0.2, -0.15) is 0 Å². The smallest absolute Gasteiger partial charge is 0.317 e. The molecular formula is C40H48Cl2N4O7. The van der Waals surface area contributed by atoms with Crippen LogP contribution in [0, 0.1) is 0 Å². The first-order valence-electron chi connectivity index (χ1n) is 18.1. The summed E-state index contributed by atoms with van der Waals surface area (Å²) in [6.45, 7) is 5.42. The molecule has 0 aliphatic carbocycles. The number of halogens is 2. The van der Waals surface area contributed by atoms with E-state index in [9.17, 15) is 19.5 Å². The van der Waals surface area contributed by atoms with Crippen LogP contribution in [0.1, 0.15) is 47.2 Å². The molecule has 2 amide bonds. The average Bonchev–Trinajstić information content (AvgIpc) is 3.63. The molecule has 3 aromatic rings. The summed E-state index contributed by atoms with van der Waals surface area (Å²) < 4.78 is 16.5. The molecule has 284 valence electrons. The summed E-state index contributed by atoms with van der Waals surface area (Å²) in [4.78, 5) is 47.8. The molecule has 3 aromatic carbocycles. The van der Waals surface area contributed by atoms with E-state index in [1.54, 1.807) is 12.1 Å². The van der Waals surface area contributed by atoms with Crippen LogP contribution in [0.3, 0.4) is 0 Å². The minimum absolute atomic E-state index is 0.0125. The molecule has 6 rings (SSSR count). The van der Waals surface area contributed by atoms with Gasteiger partial charge in [0.15, 0.2) is 11.5 Å². The lowest BCUT2D eigenvalue weighted by molar-refractivity contribution is -0.142. The van der Waals surface area contributed by atoms with E-state index in [1.165, 1.54) is 21.3 Å². The molecule has 0 spiro atoms. The average molecular weight is 768 g/mol. The minimum atomic E-state index is -0.852. The first-order valence-corrected chi connectivity index (χ1v) is 18.8. The van der Waals surface area contributed by atoms with Crippen LogP contribution in [0.5, 0.6) is 17.2 Å². The van der Waals surface area contributed by atoms with Crippen LogP contribution in [0.25, 0.3) is 0 Å². The van der Waals surface area contributed by atoms with Gasteiger partial charge in [-0.05, 0) is 80.7 Å². The highest BCUT2D eigenvalue weighted by Crippen LogP contribution is 2.44. The van der Waals surface area contributed by atoms with Crippen molar-refractivity contribution in [3.63, 3.8) is 0 Å². The Morgan fingerprint density at radius 3 is 1.96 bits per heavy atom. The number of rotatable bonds is 12. The van der Waals surface area contributed by atoms with Crippen molar-refractivity contribution in [3.05, 3.63) is 87.4 Å². The van der Waals surface area contributed by atoms with Gasteiger partial charge in [-0.25, -0.2) is 0 Å². The van der Waals surface area contributed by atoms with Crippen LogP contribution >= 0.6 is 23.2 Å². The number of carbonyl (C=O) groups is 3. The molecule has 53 heavy (non-hydrogen) atoms. The molecular weight excluding hydrogens is 719 g/mol. The molecule has 0 bridgehead atoms. The number of aliphatic carboxylic acids is 1. The van der Waals surface area contributed by atoms with Gasteiger partial charge in [-0.1, -0.05) is 59.6 Å². The van der Waals surface area contributed by atoms with E-state index >= 15 is 0 Å². The zero-order valence-electron chi connectivity index (χ0n) is 30.6. The minimum Gasteiger partial charge on any atom is -0.493 e. The number of carboxylic acids is 1. The number of nitrogens with zero attached hydrogens (tertiary/aromatic N) is 4. The molecule has 13 heteroatoms. The molecule has 3 saturated heterocycles.